The average molecular weight is 775 g/mol. The number of carboxylic acid groups (broad SMARTS) is 1. The monoisotopic (exact) mass is 774 g/mol. The van der Waals surface area contributed by atoms with Crippen LogP contribution in [0.3, 0.4) is 0 Å². The van der Waals surface area contributed by atoms with Gasteiger partial charge in [0.15, 0.2) is 42.3 Å². The van der Waals surface area contributed by atoms with Gasteiger partial charge in [-0.15, -0.1) is 11.8 Å². The molecule has 0 bridgehead atoms. The topological polar surface area (TPSA) is 91.3 Å². The second kappa shape index (κ2) is 21.3. The Bertz CT molecular complexity index is 1080. The molecule has 0 amide bonds. The number of rotatable bonds is 23. The maximum absolute atomic E-state index is 13.0. The SMILES string of the molecule is CCCC[C@@H](C)C[C@@H](/C=C/[C@@H]1C(SCCCOC(C)C(=O)O)=C(OC(=O)CCC)C[C@H]1[Si](C)(C)O[SiH2]C(C)(C)C)[Si](C)(C)O[SiH2]C(C)(C)C. The summed E-state index contributed by atoms with van der Waals surface area (Å²) in [5.74, 6) is 1.17. The van der Waals surface area contributed by atoms with Gasteiger partial charge in [-0.2, -0.15) is 0 Å². The molecule has 7 nitrogen and oxygen atoms in total. The molecule has 286 valence electrons. The maximum atomic E-state index is 13.0. The van der Waals surface area contributed by atoms with E-state index >= 15 is 0 Å². The zero-order valence-electron chi connectivity index (χ0n) is 33.8. The summed E-state index contributed by atoms with van der Waals surface area (Å²) in [6.07, 6.45) is 11.5. The molecule has 0 spiro atoms. The first-order chi connectivity index (χ1) is 22.5. The number of hydrogen-bond donors (Lipinski definition) is 1. The van der Waals surface area contributed by atoms with Crippen molar-refractivity contribution in [1.29, 1.82) is 0 Å². The Kier molecular flexibility index (Phi) is 20.2. The fourth-order valence-electron chi connectivity index (χ4n) is 5.90. The third-order valence-electron chi connectivity index (χ3n) is 9.17. The number of carbonyl (C=O) groups is 2. The summed E-state index contributed by atoms with van der Waals surface area (Å²) in [7, 11) is -5.77. The average Bonchev–Trinajstić information content (AvgIpc) is 3.32. The fraction of sp³-hybridized carbons (Fsp3) is 0.838. The summed E-state index contributed by atoms with van der Waals surface area (Å²) < 4.78 is 25.7. The van der Waals surface area contributed by atoms with Crippen LogP contribution < -0.4 is 0 Å². The smallest absolute Gasteiger partial charge is 0.332 e. The largest absolute Gasteiger partial charge is 0.479 e. The van der Waals surface area contributed by atoms with Gasteiger partial charge in [0.1, 0.15) is 5.76 Å². The van der Waals surface area contributed by atoms with Gasteiger partial charge in [-0.25, -0.2) is 4.79 Å². The van der Waals surface area contributed by atoms with Crippen molar-refractivity contribution in [1.82, 2.24) is 0 Å². The van der Waals surface area contributed by atoms with Gasteiger partial charge in [0.2, 0.25) is 0 Å². The summed E-state index contributed by atoms with van der Waals surface area (Å²) in [5, 5.41) is 9.66. The van der Waals surface area contributed by atoms with Crippen molar-refractivity contribution in [2.24, 2.45) is 11.8 Å². The number of carboxylic acids is 1. The number of ether oxygens (including phenoxy) is 2. The zero-order chi connectivity index (χ0) is 37.6. The van der Waals surface area contributed by atoms with Crippen LogP contribution in [0.15, 0.2) is 22.8 Å². The van der Waals surface area contributed by atoms with Crippen LogP contribution >= 0.6 is 11.8 Å². The van der Waals surface area contributed by atoms with Gasteiger partial charge in [0.25, 0.3) is 0 Å². The molecule has 12 heteroatoms. The van der Waals surface area contributed by atoms with Crippen LogP contribution in [0.5, 0.6) is 0 Å². The minimum atomic E-state index is -2.22. The Morgan fingerprint density at radius 3 is 2.14 bits per heavy atom. The first-order valence-corrected chi connectivity index (χ1v) is 28.4. The summed E-state index contributed by atoms with van der Waals surface area (Å²) >= 11 is 1.75. The van der Waals surface area contributed by atoms with Crippen molar-refractivity contribution < 1.29 is 32.4 Å². The second-order valence-corrected chi connectivity index (χ2v) is 33.9. The van der Waals surface area contributed by atoms with E-state index in [0.29, 0.717) is 37.3 Å². The van der Waals surface area contributed by atoms with Gasteiger partial charge >= 0.3 is 11.9 Å². The molecule has 0 saturated heterocycles. The Labute approximate surface area is 312 Å². The van der Waals surface area contributed by atoms with Gasteiger partial charge in [0, 0.05) is 36.0 Å². The highest BCUT2D eigenvalue weighted by molar-refractivity contribution is 8.03. The van der Waals surface area contributed by atoms with Crippen LogP contribution in [-0.2, 0) is 27.3 Å². The standard InChI is InChI=1S/C37H74O7SSi4/c1-15-17-20-27(3)25-29(48(11,12)43-46-36(5,6)7)21-22-30-32(49(13,14)44-47-37(8,9)10)26-31(42-33(38)19-16-2)34(30)45-24-18-23-41-28(4)35(39)40/h21-22,27-30,32H,15-20,23-26,46-47H2,1-14H3,(H,39,40)/b22-21+/t27-,28?,29-,30+,32-/m1/s1. The van der Waals surface area contributed by atoms with Crippen molar-refractivity contribution >= 4 is 59.9 Å². The maximum Gasteiger partial charge on any atom is 0.332 e. The van der Waals surface area contributed by atoms with Crippen molar-refractivity contribution in [3.05, 3.63) is 22.8 Å². The van der Waals surface area contributed by atoms with Crippen molar-refractivity contribution in [2.75, 3.05) is 12.4 Å². The molecule has 1 aliphatic carbocycles. The van der Waals surface area contributed by atoms with Crippen molar-refractivity contribution in [2.45, 2.75) is 174 Å². The summed E-state index contributed by atoms with van der Waals surface area (Å²) in [5.41, 5.74) is 0.634. The molecular weight excluding hydrogens is 701 g/mol. The zero-order valence-corrected chi connectivity index (χ0v) is 39.5. The lowest BCUT2D eigenvalue weighted by Crippen LogP contribution is -2.42. The fourth-order valence-corrected chi connectivity index (χ4v) is 18.7. The van der Waals surface area contributed by atoms with Crippen LogP contribution in [0.2, 0.25) is 47.3 Å². The lowest BCUT2D eigenvalue weighted by atomic mass is 9.97. The van der Waals surface area contributed by atoms with E-state index in [9.17, 15) is 14.7 Å². The first-order valence-electron chi connectivity index (χ1n) is 18.9. The molecule has 1 unspecified atom stereocenters. The van der Waals surface area contributed by atoms with Gasteiger partial charge in [-0.05, 0) is 79.5 Å². The Hall–Kier alpha value is -0.482. The number of thioether (sulfide) groups is 1. The molecule has 0 saturated carbocycles. The summed E-state index contributed by atoms with van der Waals surface area (Å²) in [6.45, 7) is 31.9. The van der Waals surface area contributed by atoms with E-state index in [1.54, 1.807) is 18.7 Å². The normalized spacial score (nSPS) is 20.3. The van der Waals surface area contributed by atoms with E-state index in [1.807, 2.05) is 6.92 Å². The molecule has 0 aromatic heterocycles. The molecule has 1 rings (SSSR count). The molecule has 0 aromatic rings. The van der Waals surface area contributed by atoms with Crippen molar-refractivity contribution in [3.63, 3.8) is 0 Å². The molecule has 0 aromatic carbocycles. The van der Waals surface area contributed by atoms with E-state index in [4.69, 9.17) is 17.7 Å². The second-order valence-electron chi connectivity index (χ2n) is 17.8. The lowest BCUT2D eigenvalue weighted by molar-refractivity contribution is -0.149. The van der Waals surface area contributed by atoms with Gasteiger partial charge in [-0.3, -0.25) is 4.79 Å². The lowest BCUT2D eigenvalue weighted by Gasteiger charge is -2.37. The molecular formula is C37H74O7SSi4. The number of carbonyl (C=O) groups excluding carboxylic acids is 1. The Morgan fingerprint density at radius 2 is 1.59 bits per heavy atom. The van der Waals surface area contributed by atoms with Crippen LogP contribution in [-0.4, -0.2) is 71.7 Å². The number of unbranched alkanes of at least 4 members (excludes halogenated alkanes) is 1. The quantitative estimate of drug-likeness (QED) is 0.0475. The first kappa shape index (κ1) is 46.5. The van der Waals surface area contributed by atoms with E-state index in [2.05, 4.69) is 93.7 Å². The van der Waals surface area contributed by atoms with Crippen molar-refractivity contribution in [3.8, 4) is 0 Å². The van der Waals surface area contributed by atoms with Crippen LogP contribution in [0, 0.1) is 11.8 Å². The van der Waals surface area contributed by atoms with E-state index in [0.717, 1.165) is 29.3 Å². The minimum Gasteiger partial charge on any atom is -0.479 e. The van der Waals surface area contributed by atoms with Crippen LogP contribution in [0.4, 0.5) is 0 Å². The Morgan fingerprint density at radius 1 is 0.980 bits per heavy atom. The van der Waals surface area contributed by atoms with Gasteiger partial charge in [0.05, 0.1) is 0 Å². The number of aliphatic carboxylic acids is 1. The molecule has 0 aliphatic heterocycles. The van der Waals surface area contributed by atoms with E-state index in [-0.39, 0.29) is 27.5 Å². The molecule has 0 radical (unpaired) electrons. The van der Waals surface area contributed by atoms with E-state index < -0.39 is 48.2 Å². The predicted octanol–water partition coefficient (Wildman–Crippen LogP) is 9.73. The third-order valence-corrected chi connectivity index (χ3v) is 23.9. The minimum absolute atomic E-state index is 0.0991. The third kappa shape index (κ3) is 18.2. The highest BCUT2D eigenvalue weighted by Crippen LogP contribution is 2.53. The number of esters is 1. The van der Waals surface area contributed by atoms with Gasteiger partial charge in [-0.1, -0.05) is 93.7 Å². The summed E-state index contributed by atoms with van der Waals surface area (Å²) in [6, 6.07) is 0. The van der Waals surface area contributed by atoms with Crippen LogP contribution in [0.1, 0.15) is 121 Å². The predicted molar refractivity (Wildman–Crippen MR) is 220 cm³/mol. The summed E-state index contributed by atoms with van der Waals surface area (Å²) in [4.78, 5) is 25.4. The van der Waals surface area contributed by atoms with E-state index in [1.165, 1.54) is 19.3 Å². The molecule has 49 heavy (non-hydrogen) atoms. The number of allylic oxidation sites excluding steroid dienone is 4. The highest BCUT2D eigenvalue weighted by Gasteiger charge is 2.47. The molecule has 1 aliphatic rings. The molecule has 1 N–H and O–H groups in total. The molecule has 5 atom stereocenters. The number of hydrogen-bond acceptors (Lipinski definition) is 7. The molecule has 0 heterocycles. The highest BCUT2D eigenvalue weighted by atomic mass is 32.2. The van der Waals surface area contributed by atoms with Crippen LogP contribution in [0.25, 0.3) is 0 Å². The Balaban J connectivity index is 3.63. The molecule has 0 fully saturated rings. The van der Waals surface area contributed by atoms with Gasteiger partial charge < -0.3 is 22.8 Å².